The molecular weight excluding hydrogens is 378 g/mol. The number of rotatable bonds is 7. The summed E-state index contributed by atoms with van der Waals surface area (Å²) in [6.07, 6.45) is 0. The van der Waals surface area contributed by atoms with E-state index in [4.69, 9.17) is 9.84 Å². The summed E-state index contributed by atoms with van der Waals surface area (Å²) in [6, 6.07) is 13.8. The molecule has 0 fully saturated rings. The number of hydrogen-bond acceptors (Lipinski definition) is 6. The first-order valence-corrected chi connectivity index (χ1v) is 9.27. The lowest BCUT2D eigenvalue weighted by Crippen LogP contribution is -2.22. The summed E-state index contributed by atoms with van der Waals surface area (Å²) < 4.78 is 5.31. The second-order valence-electron chi connectivity index (χ2n) is 5.94. The number of anilines is 2. The highest BCUT2D eigenvalue weighted by molar-refractivity contribution is 7.17. The summed E-state index contributed by atoms with van der Waals surface area (Å²) in [7, 11) is 1.59. The van der Waals surface area contributed by atoms with E-state index >= 15 is 0 Å². The summed E-state index contributed by atoms with van der Waals surface area (Å²) in [5.74, 6) is -0.525. The van der Waals surface area contributed by atoms with Crippen LogP contribution in [0.5, 0.6) is 5.75 Å². The molecule has 28 heavy (non-hydrogen) atoms. The molecule has 144 valence electrons. The van der Waals surface area contributed by atoms with E-state index in [9.17, 15) is 9.59 Å². The largest absolute Gasteiger partial charge is 0.495 e. The number of carbonyl (C=O) groups is 2. The second kappa shape index (κ2) is 8.53. The quantitative estimate of drug-likeness (QED) is 0.560. The fraction of sp³-hybridized carbons (Fsp3) is 0.150. The van der Waals surface area contributed by atoms with Crippen LogP contribution in [0.25, 0.3) is 0 Å². The predicted molar refractivity (Wildman–Crippen MR) is 108 cm³/mol. The number of carboxylic acid groups (broad SMARTS) is 1. The number of nitrogens with zero attached hydrogens (tertiary/aromatic N) is 1. The van der Waals surface area contributed by atoms with Crippen molar-refractivity contribution in [2.45, 2.75) is 13.5 Å². The van der Waals surface area contributed by atoms with Gasteiger partial charge in [0.2, 0.25) is 0 Å². The summed E-state index contributed by atoms with van der Waals surface area (Å²) in [4.78, 5) is 28.3. The van der Waals surface area contributed by atoms with Crippen molar-refractivity contribution in [3.8, 4) is 5.75 Å². The average molecular weight is 397 g/mol. The molecule has 0 saturated carbocycles. The molecule has 3 rings (SSSR count). The van der Waals surface area contributed by atoms with E-state index in [2.05, 4.69) is 15.6 Å². The van der Waals surface area contributed by atoms with Crippen molar-refractivity contribution in [1.82, 2.24) is 10.3 Å². The van der Waals surface area contributed by atoms with Crippen molar-refractivity contribution in [3.63, 3.8) is 0 Å². The summed E-state index contributed by atoms with van der Waals surface area (Å²) in [5, 5.41) is 15.5. The fourth-order valence-corrected chi connectivity index (χ4v) is 3.45. The minimum Gasteiger partial charge on any atom is -0.495 e. The normalized spacial score (nSPS) is 10.4. The number of aromatic carboxylic acids is 1. The van der Waals surface area contributed by atoms with Crippen LogP contribution in [0, 0.1) is 6.92 Å². The lowest BCUT2D eigenvalue weighted by molar-refractivity contribution is 0.0696. The molecule has 0 aliphatic rings. The maximum atomic E-state index is 12.5. The predicted octanol–water partition coefficient (Wildman–Crippen LogP) is 3.83. The SMILES string of the molecule is COc1ccccc1Nc1nc(C)c(C(=O)NCc2ccc(C(=O)O)cc2)s1. The number of thiazole rings is 1. The van der Waals surface area contributed by atoms with Crippen LogP contribution >= 0.6 is 11.3 Å². The van der Waals surface area contributed by atoms with Crippen molar-refractivity contribution >= 4 is 34.0 Å². The van der Waals surface area contributed by atoms with Gasteiger partial charge in [-0.15, -0.1) is 0 Å². The molecule has 0 atom stereocenters. The van der Waals surface area contributed by atoms with Gasteiger partial charge in [0, 0.05) is 6.54 Å². The Balaban J connectivity index is 1.66. The minimum atomic E-state index is -0.981. The highest BCUT2D eigenvalue weighted by Crippen LogP contribution is 2.30. The Bertz CT molecular complexity index is 999. The van der Waals surface area contributed by atoms with Crippen LogP contribution in [-0.2, 0) is 6.54 Å². The maximum Gasteiger partial charge on any atom is 0.335 e. The van der Waals surface area contributed by atoms with Gasteiger partial charge in [-0.2, -0.15) is 0 Å². The van der Waals surface area contributed by atoms with Gasteiger partial charge >= 0.3 is 5.97 Å². The number of para-hydroxylation sites is 2. The molecule has 0 bridgehead atoms. The molecule has 0 unspecified atom stereocenters. The molecule has 1 aromatic heterocycles. The first kappa shape index (κ1) is 19.4. The number of hydrogen-bond donors (Lipinski definition) is 3. The van der Waals surface area contributed by atoms with Gasteiger partial charge in [-0.25, -0.2) is 9.78 Å². The van der Waals surface area contributed by atoms with Crippen LogP contribution in [0.2, 0.25) is 0 Å². The van der Waals surface area contributed by atoms with Crippen molar-refractivity contribution in [1.29, 1.82) is 0 Å². The summed E-state index contributed by atoms with van der Waals surface area (Å²) >= 11 is 1.26. The zero-order valence-electron chi connectivity index (χ0n) is 15.4. The summed E-state index contributed by atoms with van der Waals surface area (Å²) in [6.45, 7) is 2.08. The Morgan fingerprint density at radius 2 is 1.86 bits per heavy atom. The van der Waals surface area contributed by atoms with Crippen LogP contribution in [0.15, 0.2) is 48.5 Å². The third-order valence-corrected chi connectivity index (χ3v) is 5.08. The van der Waals surface area contributed by atoms with Gasteiger partial charge in [0.1, 0.15) is 10.6 Å². The number of aryl methyl sites for hydroxylation is 1. The zero-order valence-corrected chi connectivity index (χ0v) is 16.2. The maximum absolute atomic E-state index is 12.5. The second-order valence-corrected chi connectivity index (χ2v) is 6.94. The van der Waals surface area contributed by atoms with Crippen molar-refractivity contribution in [2.75, 3.05) is 12.4 Å². The lowest BCUT2D eigenvalue weighted by atomic mass is 10.1. The number of aromatic nitrogens is 1. The van der Waals surface area contributed by atoms with E-state index in [1.54, 1.807) is 26.2 Å². The third-order valence-electron chi connectivity index (χ3n) is 4.01. The Morgan fingerprint density at radius 3 is 2.54 bits per heavy atom. The molecule has 7 nitrogen and oxygen atoms in total. The molecule has 3 aromatic rings. The Morgan fingerprint density at radius 1 is 1.14 bits per heavy atom. The van der Waals surface area contributed by atoms with Crippen LogP contribution in [0.4, 0.5) is 10.8 Å². The Kier molecular flexibility index (Phi) is 5.90. The standard InChI is InChI=1S/C20H19N3O4S/c1-12-17(18(24)21-11-13-7-9-14(10-8-13)19(25)26)28-20(22-12)23-15-5-3-4-6-16(15)27-2/h3-10H,11H2,1-2H3,(H,21,24)(H,22,23)(H,25,26). The molecule has 0 saturated heterocycles. The van der Waals surface area contributed by atoms with Crippen molar-refractivity contribution in [2.24, 2.45) is 0 Å². The van der Waals surface area contributed by atoms with E-state index in [1.807, 2.05) is 24.3 Å². The molecule has 2 aromatic carbocycles. The monoisotopic (exact) mass is 397 g/mol. The molecule has 1 amide bonds. The van der Waals surface area contributed by atoms with Crippen LogP contribution in [-0.4, -0.2) is 29.1 Å². The number of carbonyl (C=O) groups excluding carboxylic acids is 1. The van der Waals surface area contributed by atoms with Gasteiger partial charge in [-0.3, -0.25) is 4.79 Å². The van der Waals surface area contributed by atoms with Gasteiger partial charge < -0.3 is 20.5 Å². The van der Waals surface area contributed by atoms with Gasteiger partial charge in [0.15, 0.2) is 5.13 Å². The van der Waals surface area contributed by atoms with E-state index in [0.717, 1.165) is 11.3 Å². The average Bonchev–Trinajstić information content (AvgIpc) is 3.07. The fourth-order valence-electron chi connectivity index (χ4n) is 2.55. The van der Waals surface area contributed by atoms with E-state index in [-0.39, 0.29) is 11.5 Å². The number of amides is 1. The number of methoxy groups -OCH3 is 1. The third kappa shape index (κ3) is 4.47. The molecule has 8 heteroatoms. The van der Waals surface area contributed by atoms with E-state index in [0.29, 0.717) is 28.0 Å². The molecule has 0 aliphatic heterocycles. The number of carboxylic acids is 1. The first-order chi connectivity index (χ1) is 13.5. The van der Waals surface area contributed by atoms with Crippen LogP contribution in [0.3, 0.4) is 0 Å². The summed E-state index contributed by atoms with van der Waals surface area (Å²) in [5.41, 5.74) is 2.42. The van der Waals surface area contributed by atoms with Crippen LogP contribution in [0.1, 0.15) is 31.3 Å². The minimum absolute atomic E-state index is 0.209. The molecule has 0 radical (unpaired) electrons. The first-order valence-electron chi connectivity index (χ1n) is 8.46. The number of ether oxygens (including phenoxy) is 1. The van der Waals surface area contributed by atoms with E-state index in [1.165, 1.54) is 23.5 Å². The van der Waals surface area contributed by atoms with Crippen molar-refractivity contribution in [3.05, 3.63) is 70.2 Å². The molecular formula is C20H19N3O4S. The lowest BCUT2D eigenvalue weighted by Gasteiger charge is -2.08. The molecule has 1 heterocycles. The molecule has 0 aliphatic carbocycles. The highest BCUT2D eigenvalue weighted by Gasteiger charge is 2.16. The van der Waals surface area contributed by atoms with E-state index < -0.39 is 5.97 Å². The van der Waals surface area contributed by atoms with Gasteiger partial charge in [0.05, 0.1) is 24.1 Å². The van der Waals surface area contributed by atoms with Crippen LogP contribution < -0.4 is 15.4 Å². The zero-order chi connectivity index (χ0) is 20.1. The Labute approximate surface area is 166 Å². The molecule has 0 spiro atoms. The number of nitrogens with one attached hydrogen (secondary N) is 2. The van der Waals surface area contributed by atoms with Gasteiger partial charge in [0.25, 0.3) is 5.91 Å². The van der Waals surface area contributed by atoms with Gasteiger partial charge in [-0.1, -0.05) is 35.6 Å². The topological polar surface area (TPSA) is 101 Å². The smallest absolute Gasteiger partial charge is 0.335 e. The van der Waals surface area contributed by atoms with Crippen molar-refractivity contribution < 1.29 is 19.4 Å². The molecule has 3 N–H and O–H groups in total. The highest BCUT2D eigenvalue weighted by atomic mass is 32.1. The Hall–Kier alpha value is -3.39. The number of benzene rings is 2. The van der Waals surface area contributed by atoms with Gasteiger partial charge in [-0.05, 0) is 36.8 Å².